The third kappa shape index (κ3) is 4.83. The summed E-state index contributed by atoms with van der Waals surface area (Å²) >= 11 is 1.63. The molecule has 3 aromatic rings. The minimum atomic E-state index is 0.269. The van der Waals surface area contributed by atoms with Crippen LogP contribution < -0.4 is 0 Å². The van der Waals surface area contributed by atoms with Gasteiger partial charge in [0.2, 0.25) is 5.89 Å². The minimum Gasteiger partial charge on any atom is -0.440 e. The second-order valence-corrected chi connectivity index (χ2v) is 7.95. The Labute approximate surface area is 171 Å². The Morgan fingerprint density at radius 2 is 1.93 bits per heavy atom. The summed E-state index contributed by atoms with van der Waals surface area (Å²) in [6.07, 6.45) is 5.04. The van der Waals surface area contributed by atoms with Crippen molar-refractivity contribution in [2.75, 3.05) is 14.1 Å². The van der Waals surface area contributed by atoms with Crippen LogP contribution in [-0.4, -0.2) is 38.7 Å². The average molecular weight is 400 g/mol. The maximum Gasteiger partial charge on any atom is 0.205 e. The van der Waals surface area contributed by atoms with Gasteiger partial charge in [0.25, 0.3) is 0 Å². The van der Waals surface area contributed by atoms with Gasteiger partial charge in [-0.3, -0.25) is 4.90 Å². The summed E-state index contributed by atoms with van der Waals surface area (Å²) in [6, 6.07) is 10.3. The van der Waals surface area contributed by atoms with Crippen LogP contribution in [0.4, 0.5) is 0 Å². The fourth-order valence-corrected chi connectivity index (χ4v) is 4.02. The van der Waals surface area contributed by atoms with E-state index in [0.717, 1.165) is 48.1 Å². The van der Waals surface area contributed by atoms with E-state index >= 15 is 0 Å². The molecule has 1 atom stereocenters. The van der Waals surface area contributed by atoms with Crippen LogP contribution in [0.15, 0.2) is 46.1 Å². The number of oxazole rings is 1. The third-order valence-corrected chi connectivity index (χ3v) is 5.68. The SMILES string of the molecule is CCCCn1c(SCc2ncc(-c3ccccc3)o2)nnc1C(CC)N(C)C. The van der Waals surface area contributed by atoms with E-state index in [9.17, 15) is 0 Å². The van der Waals surface area contributed by atoms with E-state index in [-0.39, 0.29) is 6.04 Å². The molecule has 3 rings (SSSR count). The number of rotatable bonds is 10. The Bertz CT molecular complexity index is 859. The summed E-state index contributed by atoms with van der Waals surface area (Å²) in [7, 11) is 4.19. The standard InChI is InChI=1S/C21H29N5OS/c1-5-7-13-26-20(17(6-2)25(3)4)23-24-21(26)28-15-19-22-14-18(27-19)16-11-9-8-10-12-16/h8-12,14,17H,5-7,13,15H2,1-4H3. The van der Waals surface area contributed by atoms with E-state index in [2.05, 4.69) is 52.6 Å². The van der Waals surface area contributed by atoms with Crippen molar-refractivity contribution in [3.8, 4) is 11.3 Å². The van der Waals surface area contributed by atoms with Gasteiger partial charge in [-0.05, 0) is 26.9 Å². The maximum atomic E-state index is 5.93. The Balaban J connectivity index is 1.75. The van der Waals surface area contributed by atoms with Crippen LogP contribution in [0.1, 0.15) is 50.9 Å². The van der Waals surface area contributed by atoms with Crippen LogP contribution in [0.2, 0.25) is 0 Å². The molecule has 0 amide bonds. The van der Waals surface area contributed by atoms with Crippen molar-refractivity contribution >= 4 is 11.8 Å². The highest BCUT2D eigenvalue weighted by molar-refractivity contribution is 7.98. The topological polar surface area (TPSA) is 60.0 Å². The Kier molecular flexibility index (Phi) is 7.28. The number of thioether (sulfide) groups is 1. The Morgan fingerprint density at radius 3 is 2.61 bits per heavy atom. The molecule has 2 heterocycles. The smallest absolute Gasteiger partial charge is 0.205 e. The molecule has 1 aromatic carbocycles. The van der Waals surface area contributed by atoms with E-state index in [1.807, 2.05) is 30.3 Å². The molecule has 1 unspecified atom stereocenters. The molecule has 2 aromatic heterocycles. The second kappa shape index (κ2) is 9.89. The zero-order valence-electron chi connectivity index (χ0n) is 17.1. The first-order valence-corrected chi connectivity index (χ1v) is 10.8. The van der Waals surface area contributed by atoms with E-state index < -0.39 is 0 Å². The highest BCUT2D eigenvalue weighted by Crippen LogP contribution is 2.28. The van der Waals surface area contributed by atoms with Gasteiger partial charge in [-0.25, -0.2) is 4.98 Å². The Hall–Kier alpha value is -2.12. The third-order valence-electron chi connectivity index (χ3n) is 4.73. The van der Waals surface area contributed by atoms with E-state index in [1.54, 1.807) is 18.0 Å². The zero-order valence-corrected chi connectivity index (χ0v) is 17.9. The summed E-state index contributed by atoms with van der Waals surface area (Å²) in [5.74, 6) is 3.18. The van der Waals surface area contributed by atoms with Crippen LogP contribution in [0.3, 0.4) is 0 Å². The summed E-state index contributed by atoms with van der Waals surface area (Å²) in [5.41, 5.74) is 1.04. The first-order valence-electron chi connectivity index (χ1n) is 9.86. The van der Waals surface area contributed by atoms with Crippen molar-refractivity contribution < 1.29 is 4.42 Å². The Morgan fingerprint density at radius 1 is 1.14 bits per heavy atom. The summed E-state index contributed by atoms with van der Waals surface area (Å²) in [4.78, 5) is 6.64. The van der Waals surface area contributed by atoms with E-state index in [0.29, 0.717) is 11.6 Å². The van der Waals surface area contributed by atoms with Crippen LogP contribution in [-0.2, 0) is 12.3 Å². The molecule has 0 saturated carbocycles. The lowest BCUT2D eigenvalue weighted by atomic mass is 10.2. The highest BCUT2D eigenvalue weighted by Gasteiger charge is 2.22. The number of hydrogen-bond donors (Lipinski definition) is 0. The molecule has 0 N–H and O–H groups in total. The van der Waals surface area contributed by atoms with Gasteiger partial charge >= 0.3 is 0 Å². The summed E-state index contributed by atoms with van der Waals surface area (Å²) < 4.78 is 8.20. The molecule has 6 nitrogen and oxygen atoms in total. The van der Waals surface area contributed by atoms with Gasteiger partial charge in [-0.15, -0.1) is 10.2 Å². The molecule has 0 fully saturated rings. The number of aromatic nitrogens is 4. The van der Waals surface area contributed by atoms with Crippen LogP contribution >= 0.6 is 11.8 Å². The molecule has 0 bridgehead atoms. The molecule has 7 heteroatoms. The lowest BCUT2D eigenvalue weighted by molar-refractivity contribution is 0.270. The number of nitrogens with zero attached hydrogens (tertiary/aromatic N) is 5. The maximum absolute atomic E-state index is 5.93. The van der Waals surface area contributed by atoms with Crippen molar-refractivity contribution in [2.45, 2.75) is 56.6 Å². The second-order valence-electron chi connectivity index (χ2n) is 7.01. The highest BCUT2D eigenvalue weighted by atomic mass is 32.2. The quantitative estimate of drug-likeness (QED) is 0.445. The summed E-state index contributed by atoms with van der Waals surface area (Å²) in [5, 5.41) is 9.94. The van der Waals surface area contributed by atoms with Crippen molar-refractivity contribution in [3.05, 3.63) is 48.2 Å². The molecule has 28 heavy (non-hydrogen) atoms. The average Bonchev–Trinajstić information content (AvgIpc) is 3.33. The van der Waals surface area contributed by atoms with E-state index in [4.69, 9.17) is 4.42 Å². The fraction of sp³-hybridized carbons (Fsp3) is 0.476. The monoisotopic (exact) mass is 399 g/mol. The number of hydrogen-bond acceptors (Lipinski definition) is 6. The van der Waals surface area contributed by atoms with E-state index in [1.165, 1.54) is 0 Å². The molecule has 150 valence electrons. The zero-order chi connectivity index (χ0) is 19.9. The first kappa shape index (κ1) is 20.6. The minimum absolute atomic E-state index is 0.269. The van der Waals surface area contributed by atoms with Crippen molar-refractivity contribution in [3.63, 3.8) is 0 Å². The number of benzene rings is 1. The molecule has 0 saturated heterocycles. The molecule has 0 spiro atoms. The lowest BCUT2D eigenvalue weighted by Gasteiger charge is -2.23. The van der Waals surface area contributed by atoms with Crippen molar-refractivity contribution in [1.29, 1.82) is 0 Å². The first-order chi connectivity index (χ1) is 13.6. The molecular formula is C21H29N5OS. The molecule has 0 aliphatic rings. The van der Waals surface area contributed by atoms with Crippen LogP contribution in [0, 0.1) is 0 Å². The lowest BCUT2D eigenvalue weighted by Crippen LogP contribution is -2.23. The molecule has 0 aliphatic carbocycles. The van der Waals surface area contributed by atoms with Gasteiger partial charge in [0.1, 0.15) is 0 Å². The van der Waals surface area contributed by atoms with Gasteiger partial charge in [0, 0.05) is 12.1 Å². The normalized spacial score (nSPS) is 12.6. The largest absolute Gasteiger partial charge is 0.440 e. The van der Waals surface area contributed by atoms with Crippen molar-refractivity contribution in [1.82, 2.24) is 24.6 Å². The predicted octanol–water partition coefficient (Wildman–Crippen LogP) is 5.04. The molecule has 0 aliphatic heterocycles. The van der Waals surface area contributed by atoms with Gasteiger partial charge in [0.05, 0.1) is 18.0 Å². The predicted molar refractivity (Wildman–Crippen MR) is 113 cm³/mol. The van der Waals surface area contributed by atoms with Crippen LogP contribution in [0.5, 0.6) is 0 Å². The van der Waals surface area contributed by atoms with Gasteiger partial charge in [0.15, 0.2) is 16.7 Å². The van der Waals surface area contributed by atoms with Crippen LogP contribution in [0.25, 0.3) is 11.3 Å². The molecular weight excluding hydrogens is 370 g/mol. The fourth-order valence-electron chi connectivity index (χ4n) is 3.20. The summed E-state index contributed by atoms with van der Waals surface area (Å²) in [6.45, 7) is 5.33. The number of unbranched alkanes of at least 4 members (excludes halogenated alkanes) is 1. The molecule has 0 radical (unpaired) electrons. The van der Waals surface area contributed by atoms with Gasteiger partial charge in [-0.2, -0.15) is 0 Å². The van der Waals surface area contributed by atoms with Gasteiger partial charge < -0.3 is 8.98 Å². The van der Waals surface area contributed by atoms with Gasteiger partial charge in [-0.1, -0.05) is 62.4 Å². The van der Waals surface area contributed by atoms with Crippen molar-refractivity contribution in [2.24, 2.45) is 0 Å².